The Balaban J connectivity index is 3.28. The Hall–Kier alpha value is -1.51. The summed E-state index contributed by atoms with van der Waals surface area (Å²) in [4.78, 5) is 11.2. The van der Waals surface area contributed by atoms with Crippen LogP contribution in [0.15, 0.2) is 12.1 Å². The molecule has 0 amide bonds. The second-order valence-corrected chi connectivity index (χ2v) is 3.31. The minimum absolute atomic E-state index is 0.00375. The minimum atomic E-state index is -0.175. The van der Waals surface area contributed by atoms with E-state index in [-0.39, 0.29) is 17.3 Å². The van der Waals surface area contributed by atoms with E-state index in [1.165, 1.54) is 19.1 Å². The minimum Gasteiger partial charge on any atom is -0.508 e. The fourth-order valence-corrected chi connectivity index (χ4v) is 1.54. The fourth-order valence-electron chi connectivity index (χ4n) is 1.54. The molecule has 14 heavy (non-hydrogen) atoms. The molecule has 3 nitrogen and oxygen atoms in total. The van der Waals surface area contributed by atoms with Gasteiger partial charge < -0.3 is 10.2 Å². The molecule has 0 bridgehead atoms. The monoisotopic (exact) mass is 194 g/mol. The molecule has 76 valence electrons. The summed E-state index contributed by atoms with van der Waals surface area (Å²) in [7, 11) is 0. The highest BCUT2D eigenvalue weighted by atomic mass is 16.3. The van der Waals surface area contributed by atoms with E-state index < -0.39 is 0 Å². The smallest absolute Gasteiger partial charge is 0.163 e. The average molecular weight is 194 g/mol. The Kier molecular flexibility index (Phi) is 3.12. The van der Waals surface area contributed by atoms with Crippen LogP contribution >= 0.6 is 0 Å². The Morgan fingerprint density at radius 2 is 2.00 bits per heavy atom. The average Bonchev–Trinajstić information content (AvgIpc) is 2.01. The van der Waals surface area contributed by atoms with Crippen molar-refractivity contribution in [2.24, 2.45) is 0 Å². The van der Waals surface area contributed by atoms with Gasteiger partial charge in [0.1, 0.15) is 11.5 Å². The van der Waals surface area contributed by atoms with Crippen molar-refractivity contribution in [1.29, 1.82) is 0 Å². The predicted octanol–water partition coefficient (Wildman–Crippen LogP) is 2.25. The number of phenolic OH excluding ortho intramolecular Hbond substituents is 2. The number of carbonyl (C=O) groups is 1. The van der Waals surface area contributed by atoms with E-state index >= 15 is 0 Å². The second kappa shape index (κ2) is 4.13. The lowest BCUT2D eigenvalue weighted by atomic mass is 9.99. The molecule has 1 rings (SSSR count). The molecule has 0 aliphatic rings. The maximum Gasteiger partial charge on any atom is 0.163 e. The highest BCUT2D eigenvalue weighted by Gasteiger charge is 2.13. The number of benzene rings is 1. The molecule has 0 saturated carbocycles. The van der Waals surface area contributed by atoms with Crippen LogP contribution in [0.3, 0.4) is 0 Å². The normalized spacial score (nSPS) is 10.1. The quantitative estimate of drug-likeness (QED) is 0.725. The maximum atomic E-state index is 11.2. The zero-order chi connectivity index (χ0) is 10.7. The van der Waals surface area contributed by atoms with E-state index in [0.717, 1.165) is 6.42 Å². The van der Waals surface area contributed by atoms with Crippen molar-refractivity contribution >= 4 is 5.78 Å². The van der Waals surface area contributed by atoms with Crippen molar-refractivity contribution < 1.29 is 15.0 Å². The summed E-state index contributed by atoms with van der Waals surface area (Å²) < 4.78 is 0. The molecule has 1 aromatic carbocycles. The third kappa shape index (κ3) is 2.05. The molecule has 0 spiro atoms. The summed E-state index contributed by atoms with van der Waals surface area (Å²) in [5, 5.41) is 18.7. The first-order chi connectivity index (χ1) is 6.56. The van der Waals surface area contributed by atoms with Gasteiger partial charge in [0.25, 0.3) is 0 Å². The molecule has 2 N–H and O–H groups in total. The van der Waals surface area contributed by atoms with Crippen LogP contribution in [0, 0.1) is 0 Å². The number of phenols is 2. The maximum absolute atomic E-state index is 11.2. The lowest BCUT2D eigenvalue weighted by Crippen LogP contribution is -2.00. The van der Waals surface area contributed by atoms with Gasteiger partial charge >= 0.3 is 0 Å². The Labute approximate surface area is 83.0 Å². The first kappa shape index (κ1) is 10.6. The van der Waals surface area contributed by atoms with E-state index in [1.54, 1.807) is 0 Å². The number of Topliss-reactive ketones (excluding diaryl/α,β-unsaturated/α-hetero) is 1. The zero-order valence-electron chi connectivity index (χ0n) is 8.37. The molecular formula is C11H14O3. The van der Waals surface area contributed by atoms with Crippen molar-refractivity contribution in [3.05, 3.63) is 23.3 Å². The first-order valence-corrected chi connectivity index (χ1v) is 4.62. The number of hydrogen-bond donors (Lipinski definition) is 2. The molecule has 0 unspecified atom stereocenters. The number of carbonyl (C=O) groups excluding carboxylic acids is 1. The van der Waals surface area contributed by atoms with Crippen molar-refractivity contribution in [1.82, 2.24) is 0 Å². The van der Waals surface area contributed by atoms with Gasteiger partial charge in [-0.1, -0.05) is 13.3 Å². The summed E-state index contributed by atoms with van der Waals surface area (Å²) in [5.41, 5.74) is 1.03. The standard InChI is InChI=1S/C11H14O3/c1-3-4-8-5-9(13)6-10(14)11(8)7(2)12/h5-6,13-14H,3-4H2,1-2H3. The molecule has 0 atom stereocenters. The van der Waals surface area contributed by atoms with Crippen molar-refractivity contribution in [2.45, 2.75) is 26.7 Å². The first-order valence-electron chi connectivity index (χ1n) is 4.62. The third-order valence-electron chi connectivity index (χ3n) is 2.06. The number of hydrogen-bond acceptors (Lipinski definition) is 3. The van der Waals surface area contributed by atoms with Crippen LogP contribution in [0.4, 0.5) is 0 Å². The Morgan fingerprint density at radius 3 is 2.50 bits per heavy atom. The Bertz CT molecular complexity index is 356. The van der Waals surface area contributed by atoms with Crippen LogP contribution < -0.4 is 0 Å². The summed E-state index contributed by atoms with van der Waals surface area (Å²) >= 11 is 0. The molecule has 1 aromatic rings. The number of aryl methyl sites for hydroxylation is 1. The van der Waals surface area contributed by atoms with Gasteiger partial charge in [-0.15, -0.1) is 0 Å². The van der Waals surface area contributed by atoms with Crippen molar-refractivity contribution in [3.8, 4) is 11.5 Å². The molecule has 0 heterocycles. The van der Waals surface area contributed by atoms with Gasteiger partial charge in [0.05, 0.1) is 5.56 Å². The van der Waals surface area contributed by atoms with E-state index in [0.29, 0.717) is 17.5 Å². The van der Waals surface area contributed by atoms with Gasteiger partial charge in [0, 0.05) is 6.07 Å². The van der Waals surface area contributed by atoms with Crippen LogP contribution in [0.25, 0.3) is 0 Å². The van der Waals surface area contributed by atoms with Crippen LogP contribution in [0.1, 0.15) is 36.2 Å². The van der Waals surface area contributed by atoms with E-state index in [1.807, 2.05) is 6.92 Å². The summed E-state index contributed by atoms with van der Waals surface area (Å²) in [5.74, 6) is -0.317. The van der Waals surface area contributed by atoms with Gasteiger partial charge in [-0.25, -0.2) is 0 Å². The number of aromatic hydroxyl groups is 2. The van der Waals surface area contributed by atoms with Gasteiger partial charge in [-0.05, 0) is 25.0 Å². The molecule has 0 aliphatic carbocycles. The van der Waals surface area contributed by atoms with E-state index in [9.17, 15) is 15.0 Å². The SMILES string of the molecule is CCCc1cc(O)cc(O)c1C(C)=O. The van der Waals surface area contributed by atoms with Crippen LogP contribution in [0.5, 0.6) is 11.5 Å². The number of rotatable bonds is 3. The third-order valence-corrected chi connectivity index (χ3v) is 2.06. The molecule has 0 fully saturated rings. The van der Waals surface area contributed by atoms with Crippen molar-refractivity contribution in [3.63, 3.8) is 0 Å². The zero-order valence-corrected chi connectivity index (χ0v) is 8.37. The largest absolute Gasteiger partial charge is 0.508 e. The van der Waals surface area contributed by atoms with E-state index in [4.69, 9.17) is 0 Å². The van der Waals surface area contributed by atoms with Crippen molar-refractivity contribution in [2.75, 3.05) is 0 Å². The van der Waals surface area contributed by atoms with Gasteiger partial charge in [-0.2, -0.15) is 0 Å². The summed E-state index contributed by atoms with van der Waals surface area (Å²) in [6, 6.07) is 2.72. The van der Waals surface area contributed by atoms with Gasteiger partial charge in [0.2, 0.25) is 0 Å². The van der Waals surface area contributed by atoms with Crippen LogP contribution in [-0.2, 0) is 6.42 Å². The highest BCUT2D eigenvalue weighted by molar-refractivity contribution is 5.98. The van der Waals surface area contributed by atoms with Crippen LogP contribution in [0.2, 0.25) is 0 Å². The molecule has 3 heteroatoms. The lowest BCUT2D eigenvalue weighted by Gasteiger charge is -2.08. The fraction of sp³-hybridized carbons (Fsp3) is 0.364. The Morgan fingerprint density at radius 1 is 1.36 bits per heavy atom. The molecule has 0 radical (unpaired) electrons. The molecule has 0 saturated heterocycles. The summed E-state index contributed by atoms with van der Waals surface area (Å²) in [6.45, 7) is 3.39. The van der Waals surface area contributed by atoms with Gasteiger partial charge in [-0.3, -0.25) is 4.79 Å². The lowest BCUT2D eigenvalue weighted by molar-refractivity contribution is 0.101. The topological polar surface area (TPSA) is 57.5 Å². The van der Waals surface area contributed by atoms with Crippen LogP contribution in [-0.4, -0.2) is 16.0 Å². The molecule has 0 aromatic heterocycles. The highest BCUT2D eigenvalue weighted by Crippen LogP contribution is 2.28. The molecule has 0 aliphatic heterocycles. The number of ketones is 1. The molecular weight excluding hydrogens is 180 g/mol. The van der Waals surface area contributed by atoms with E-state index in [2.05, 4.69) is 0 Å². The summed E-state index contributed by atoms with van der Waals surface area (Å²) in [6.07, 6.45) is 1.54. The second-order valence-electron chi connectivity index (χ2n) is 3.31. The predicted molar refractivity (Wildman–Crippen MR) is 53.8 cm³/mol. The van der Waals surface area contributed by atoms with Gasteiger partial charge in [0.15, 0.2) is 5.78 Å².